The zero-order chi connectivity index (χ0) is 16.8. The first-order valence-electron chi connectivity index (χ1n) is 6.66. The number of benzene rings is 2. The molecule has 0 fully saturated rings. The Morgan fingerprint density at radius 2 is 2.00 bits per heavy atom. The van der Waals surface area contributed by atoms with Gasteiger partial charge < -0.3 is 9.84 Å². The molecule has 2 rings (SSSR count). The minimum absolute atomic E-state index is 0.0844. The number of nitrogens with zero attached hydrogens (tertiary/aromatic N) is 1. The van der Waals surface area contributed by atoms with Crippen molar-refractivity contribution in [3.63, 3.8) is 0 Å². The summed E-state index contributed by atoms with van der Waals surface area (Å²) in [6.07, 6.45) is 0. The van der Waals surface area contributed by atoms with Crippen molar-refractivity contribution in [3.05, 3.63) is 57.5 Å². The van der Waals surface area contributed by atoms with Gasteiger partial charge >= 0.3 is 0 Å². The molecule has 5 nitrogen and oxygen atoms in total. The highest BCUT2D eigenvalue weighted by Gasteiger charge is 2.07. The van der Waals surface area contributed by atoms with E-state index in [1.165, 1.54) is 0 Å². The molecule has 1 amide bonds. The van der Waals surface area contributed by atoms with Crippen LogP contribution in [0.25, 0.3) is 0 Å². The van der Waals surface area contributed by atoms with Crippen molar-refractivity contribution in [3.8, 4) is 11.5 Å². The predicted molar refractivity (Wildman–Crippen MR) is 93.1 cm³/mol. The van der Waals surface area contributed by atoms with E-state index in [4.69, 9.17) is 16.3 Å². The highest BCUT2D eigenvalue weighted by atomic mass is 79.9. The topological polar surface area (TPSA) is 70.9 Å². The smallest absolute Gasteiger partial charge is 0.277 e. The third-order valence-electron chi connectivity index (χ3n) is 2.88. The van der Waals surface area contributed by atoms with Gasteiger partial charge in [-0.2, -0.15) is 5.10 Å². The van der Waals surface area contributed by atoms with E-state index in [0.717, 1.165) is 4.47 Å². The maximum Gasteiger partial charge on any atom is 0.277 e. The number of phenols is 1. The Labute approximate surface area is 147 Å². The number of amides is 1. The lowest BCUT2D eigenvalue weighted by molar-refractivity contribution is -0.123. The summed E-state index contributed by atoms with van der Waals surface area (Å²) in [5.41, 5.74) is 3.38. The number of hydrogen-bond acceptors (Lipinski definition) is 4. The maximum absolute atomic E-state index is 11.7. The van der Waals surface area contributed by atoms with Crippen LogP contribution in [-0.4, -0.2) is 23.3 Å². The lowest BCUT2D eigenvalue weighted by Crippen LogP contribution is -2.25. The van der Waals surface area contributed by atoms with Crippen molar-refractivity contribution >= 4 is 39.1 Å². The van der Waals surface area contributed by atoms with Gasteiger partial charge in [-0.15, -0.1) is 0 Å². The van der Waals surface area contributed by atoms with Crippen molar-refractivity contribution in [1.29, 1.82) is 0 Å². The zero-order valence-corrected chi connectivity index (χ0v) is 14.6. The minimum atomic E-state index is -0.409. The summed E-state index contributed by atoms with van der Waals surface area (Å²) < 4.78 is 6.11. The first-order chi connectivity index (χ1) is 11.0. The summed E-state index contributed by atoms with van der Waals surface area (Å²) in [5, 5.41) is 14.3. The Morgan fingerprint density at radius 1 is 1.30 bits per heavy atom. The van der Waals surface area contributed by atoms with Crippen LogP contribution in [0.4, 0.5) is 0 Å². The van der Waals surface area contributed by atoms with Crippen LogP contribution in [0.1, 0.15) is 12.5 Å². The fourth-order valence-electron chi connectivity index (χ4n) is 1.72. The highest BCUT2D eigenvalue weighted by molar-refractivity contribution is 9.10. The van der Waals surface area contributed by atoms with E-state index in [-0.39, 0.29) is 12.4 Å². The molecule has 0 unspecified atom stereocenters. The average Bonchev–Trinajstić information content (AvgIpc) is 2.54. The van der Waals surface area contributed by atoms with Gasteiger partial charge in [-0.25, -0.2) is 5.43 Å². The SMILES string of the molecule is C/C(=N\NC(=O)COc1ccc(Cl)cc1)c1cc(Br)ccc1O. The van der Waals surface area contributed by atoms with E-state index < -0.39 is 5.91 Å². The van der Waals surface area contributed by atoms with Crippen molar-refractivity contribution < 1.29 is 14.6 Å². The third-order valence-corrected chi connectivity index (χ3v) is 3.63. The Hall–Kier alpha value is -2.05. The van der Waals surface area contributed by atoms with Gasteiger partial charge in [0.1, 0.15) is 11.5 Å². The van der Waals surface area contributed by atoms with Crippen molar-refractivity contribution in [2.45, 2.75) is 6.92 Å². The summed E-state index contributed by atoms with van der Waals surface area (Å²) >= 11 is 9.08. The molecule has 2 N–H and O–H groups in total. The van der Waals surface area contributed by atoms with Crippen molar-refractivity contribution in [2.24, 2.45) is 5.10 Å². The lowest BCUT2D eigenvalue weighted by Gasteiger charge is -2.07. The number of carbonyl (C=O) groups is 1. The van der Waals surface area contributed by atoms with E-state index >= 15 is 0 Å². The van der Waals surface area contributed by atoms with Gasteiger partial charge in [-0.05, 0) is 49.4 Å². The fraction of sp³-hybridized carbons (Fsp3) is 0.125. The van der Waals surface area contributed by atoms with Crippen molar-refractivity contribution in [2.75, 3.05) is 6.61 Å². The van der Waals surface area contributed by atoms with Crippen LogP contribution in [0, 0.1) is 0 Å². The Bertz CT molecular complexity index is 733. The number of rotatable bonds is 5. The molecule has 0 saturated heterocycles. The molecule has 23 heavy (non-hydrogen) atoms. The molecule has 0 radical (unpaired) electrons. The zero-order valence-electron chi connectivity index (χ0n) is 12.2. The van der Waals surface area contributed by atoms with E-state index in [2.05, 4.69) is 26.5 Å². The average molecular weight is 398 g/mol. The maximum atomic E-state index is 11.7. The number of halogens is 2. The molecule has 0 aliphatic rings. The molecule has 0 heterocycles. The van der Waals surface area contributed by atoms with E-state index in [1.54, 1.807) is 49.4 Å². The van der Waals surface area contributed by atoms with Crippen molar-refractivity contribution in [1.82, 2.24) is 5.43 Å². The second-order valence-electron chi connectivity index (χ2n) is 4.64. The number of phenolic OH excluding ortho intramolecular Hbond substituents is 1. The van der Waals surface area contributed by atoms with Crippen LogP contribution < -0.4 is 10.2 Å². The molecule has 0 saturated carbocycles. The number of aromatic hydroxyl groups is 1. The summed E-state index contributed by atoms with van der Waals surface area (Å²) in [6, 6.07) is 11.7. The molecule has 0 aliphatic heterocycles. The number of carbonyl (C=O) groups excluding carboxylic acids is 1. The standard InChI is InChI=1S/C16H14BrClN2O3/c1-10(14-8-11(17)2-7-15(14)21)19-20-16(22)9-23-13-5-3-12(18)4-6-13/h2-8,21H,9H2,1H3,(H,20,22)/b19-10+. The number of hydrogen-bond donors (Lipinski definition) is 2. The summed E-state index contributed by atoms with van der Waals surface area (Å²) in [5.74, 6) is 0.213. The molecule has 120 valence electrons. The van der Waals surface area contributed by atoms with Crippen LogP contribution in [0.5, 0.6) is 11.5 Å². The number of nitrogens with one attached hydrogen (secondary N) is 1. The van der Waals surface area contributed by atoms with Gasteiger partial charge in [-0.3, -0.25) is 4.79 Å². The first kappa shape index (κ1) is 17.3. The van der Waals surface area contributed by atoms with Crippen LogP contribution in [0.3, 0.4) is 0 Å². The van der Waals surface area contributed by atoms with Crippen LogP contribution in [0.15, 0.2) is 52.0 Å². The molecular weight excluding hydrogens is 384 g/mol. The lowest BCUT2D eigenvalue weighted by atomic mass is 10.1. The second-order valence-corrected chi connectivity index (χ2v) is 5.99. The Balaban J connectivity index is 1.92. The van der Waals surface area contributed by atoms with Crippen LogP contribution in [0.2, 0.25) is 5.02 Å². The normalized spacial score (nSPS) is 11.2. The number of hydrazone groups is 1. The molecule has 2 aromatic rings. The van der Waals surface area contributed by atoms with Gasteiger partial charge in [0, 0.05) is 15.1 Å². The van der Waals surface area contributed by atoms with Gasteiger partial charge in [0.15, 0.2) is 6.61 Å². The fourth-order valence-corrected chi connectivity index (χ4v) is 2.20. The monoisotopic (exact) mass is 396 g/mol. The predicted octanol–water partition coefficient (Wildman–Crippen LogP) is 3.73. The minimum Gasteiger partial charge on any atom is -0.507 e. The molecule has 0 atom stereocenters. The molecule has 0 bridgehead atoms. The second kappa shape index (κ2) is 7.99. The first-order valence-corrected chi connectivity index (χ1v) is 7.83. The van der Waals surface area contributed by atoms with E-state index in [1.807, 2.05) is 0 Å². The van der Waals surface area contributed by atoms with Gasteiger partial charge in [-0.1, -0.05) is 27.5 Å². The van der Waals surface area contributed by atoms with E-state index in [9.17, 15) is 9.90 Å². The Morgan fingerprint density at radius 3 is 2.70 bits per heavy atom. The largest absolute Gasteiger partial charge is 0.507 e. The van der Waals surface area contributed by atoms with Gasteiger partial charge in [0.05, 0.1) is 5.71 Å². The summed E-state index contributed by atoms with van der Waals surface area (Å²) in [4.78, 5) is 11.7. The quantitative estimate of drug-likeness (QED) is 0.596. The van der Waals surface area contributed by atoms with Gasteiger partial charge in [0.2, 0.25) is 0 Å². The molecule has 0 aromatic heterocycles. The Kier molecular flexibility index (Phi) is 6.01. The van der Waals surface area contributed by atoms with Crippen LogP contribution in [-0.2, 0) is 4.79 Å². The number of ether oxygens (including phenoxy) is 1. The summed E-state index contributed by atoms with van der Waals surface area (Å²) in [6.45, 7) is 1.50. The van der Waals surface area contributed by atoms with Crippen LogP contribution >= 0.6 is 27.5 Å². The summed E-state index contributed by atoms with van der Waals surface area (Å²) in [7, 11) is 0. The molecule has 0 spiro atoms. The molecule has 0 aliphatic carbocycles. The molecule has 2 aromatic carbocycles. The molecular formula is C16H14BrClN2O3. The third kappa shape index (κ3) is 5.26. The molecule has 7 heteroatoms. The van der Waals surface area contributed by atoms with E-state index in [0.29, 0.717) is 22.0 Å². The van der Waals surface area contributed by atoms with Gasteiger partial charge in [0.25, 0.3) is 5.91 Å². The highest BCUT2D eigenvalue weighted by Crippen LogP contribution is 2.22.